The van der Waals surface area contributed by atoms with Crippen LogP contribution in [0.15, 0.2) is 29.4 Å². The number of nitrogens with zero attached hydrogens (tertiary/aromatic N) is 3. The molecule has 3 fully saturated rings. The Kier molecular flexibility index (Phi) is 5.29. The summed E-state index contributed by atoms with van der Waals surface area (Å²) >= 11 is 1.58. The first-order valence-corrected chi connectivity index (χ1v) is 10.4. The Morgan fingerprint density at radius 1 is 1.16 bits per heavy atom. The zero-order valence-corrected chi connectivity index (χ0v) is 15.4. The van der Waals surface area contributed by atoms with Gasteiger partial charge in [0.05, 0.1) is 11.9 Å². The van der Waals surface area contributed by atoms with Crippen LogP contribution in [0.1, 0.15) is 25.7 Å². The van der Waals surface area contributed by atoms with Crippen LogP contribution in [0.4, 0.5) is 0 Å². The number of aliphatic hydroxyl groups excluding tert-OH is 1. The topological polar surface area (TPSA) is 56.7 Å². The molecular weight excluding hydrogens is 334 g/mol. The van der Waals surface area contributed by atoms with Crippen LogP contribution < -0.4 is 0 Å². The van der Waals surface area contributed by atoms with Crippen LogP contribution >= 0.6 is 11.8 Å². The molecule has 3 aliphatic rings. The maximum Gasteiger partial charge on any atom is 0.232 e. The van der Waals surface area contributed by atoms with Gasteiger partial charge < -0.3 is 10.0 Å². The van der Waals surface area contributed by atoms with E-state index in [-0.39, 0.29) is 12.0 Å². The molecule has 0 aromatic carbocycles. The number of fused-ring (bicyclic) bond motifs is 1. The highest BCUT2D eigenvalue weighted by atomic mass is 32.2. The SMILES string of the molecule is O=C(CSc1ccncc1)N1C[C@H]2C[C@@H](N3CCCC3)[C@H](O)C[C@H]2C1. The highest BCUT2D eigenvalue weighted by Crippen LogP contribution is 2.39. The van der Waals surface area contributed by atoms with Crippen molar-refractivity contribution < 1.29 is 9.90 Å². The summed E-state index contributed by atoms with van der Waals surface area (Å²) in [4.78, 5) is 22.2. The van der Waals surface area contributed by atoms with E-state index < -0.39 is 0 Å². The molecule has 6 heteroatoms. The first-order valence-electron chi connectivity index (χ1n) is 9.43. The Morgan fingerprint density at radius 3 is 2.56 bits per heavy atom. The molecule has 1 aromatic heterocycles. The van der Waals surface area contributed by atoms with Crippen LogP contribution in [0.25, 0.3) is 0 Å². The zero-order chi connectivity index (χ0) is 17.2. The van der Waals surface area contributed by atoms with E-state index >= 15 is 0 Å². The number of amides is 1. The molecule has 4 atom stereocenters. The molecule has 1 aromatic rings. The van der Waals surface area contributed by atoms with Crippen molar-refractivity contribution in [1.82, 2.24) is 14.8 Å². The molecular formula is C19H27N3O2S. The molecule has 1 saturated carbocycles. The second kappa shape index (κ2) is 7.64. The predicted octanol–water partition coefficient (Wildman–Crippen LogP) is 1.87. The summed E-state index contributed by atoms with van der Waals surface area (Å²) in [6, 6.07) is 4.20. The van der Waals surface area contributed by atoms with E-state index in [2.05, 4.69) is 9.88 Å². The maximum absolute atomic E-state index is 12.6. The highest BCUT2D eigenvalue weighted by molar-refractivity contribution is 8.00. The first kappa shape index (κ1) is 17.3. The van der Waals surface area contributed by atoms with Gasteiger partial charge in [-0.25, -0.2) is 0 Å². The number of hydrogen-bond donors (Lipinski definition) is 1. The van der Waals surface area contributed by atoms with Gasteiger partial charge in [-0.2, -0.15) is 0 Å². The van der Waals surface area contributed by atoms with Gasteiger partial charge in [0.2, 0.25) is 5.91 Å². The van der Waals surface area contributed by atoms with Crippen LogP contribution in [0.3, 0.4) is 0 Å². The Labute approximate surface area is 153 Å². The van der Waals surface area contributed by atoms with Crippen molar-refractivity contribution in [3.8, 4) is 0 Å². The number of aromatic nitrogens is 1. The summed E-state index contributed by atoms with van der Waals surface area (Å²) in [6.45, 7) is 3.95. The summed E-state index contributed by atoms with van der Waals surface area (Å²) in [5, 5.41) is 10.6. The lowest BCUT2D eigenvalue weighted by Gasteiger charge is -2.40. The minimum atomic E-state index is -0.222. The van der Waals surface area contributed by atoms with Gasteiger partial charge in [0.15, 0.2) is 0 Å². The molecule has 4 rings (SSSR count). The van der Waals surface area contributed by atoms with Gasteiger partial charge in [-0.05, 0) is 62.7 Å². The Bertz CT molecular complexity index is 594. The quantitative estimate of drug-likeness (QED) is 0.830. The van der Waals surface area contributed by atoms with Crippen molar-refractivity contribution >= 4 is 17.7 Å². The van der Waals surface area contributed by atoms with Gasteiger partial charge in [0, 0.05) is 36.4 Å². The third kappa shape index (κ3) is 3.86. The van der Waals surface area contributed by atoms with Crippen LogP contribution in [-0.4, -0.2) is 69.9 Å². The molecule has 1 aliphatic carbocycles. The molecule has 136 valence electrons. The molecule has 0 bridgehead atoms. The molecule has 25 heavy (non-hydrogen) atoms. The second-order valence-electron chi connectivity index (χ2n) is 7.64. The zero-order valence-electron chi connectivity index (χ0n) is 14.6. The van der Waals surface area contributed by atoms with E-state index in [1.165, 1.54) is 12.8 Å². The minimum Gasteiger partial charge on any atom is -0.391 e. The van der Waals surface area contributed by atoms with Gasteiger partial charge in [-0.3, -0.25) is 14.7 Å². The number of carbonyl (C=O) groups excluding carboxylic acids is 1. The van der Waals surface area contributed by atoms with Crippen LogP contribution in [0.2, 0.25) is 0 Å². The predicted molar refractivity (Wildman–Crippen MR) is 98.4 cm³/mol. The molecule has 1 N–H and O–H groups in total. The van der Waals surface area contributed by atoms with Crippen LogP contribution in [0, 0.1) is 11.8 Å². The van der Waals surface area contributed by atoms with Crippen molar-refractivity contribution in [2.75, 3.05) is 31.9 Å². The fraction of sp³-hybridized carbons (Fsp3) is 0.684. The number of hydrogen-bond acceptors (Lipinski definition) is 5. The van der Waals surface area contributed by atoms with E-state index in [1.807, 2.05) is 17.0 Å². The average molecular weight is 362 g/mol. The second-order valence-corrected chi connectivity index (χ2v) is 8.69. The van der Waals surface area contributed by atoms with Gasteiger partial charge >= 0.3 is 0 Å². The fourth-order valence-electron chi connectivity index (χ4n) is 4.75. The molecule has 5 nitrogen and oxygen atoms in total. The van der Waals surface area contributed by atoms with Crippen LogP contribution in [0.5, 0.6) is 0 Å². The third-order valence-electron chi connectivity index (χ3n) is 6.08. The lowest BCUT2D eigenvalue weighted by atomic mass is 9.77. The van der Waals surface area contributed by atoms with Crippen LogP contribution in [-0.2, 0) is 4.79 Å². The molecule has 0 unspecified atom stereocenters. The summed E-state index contributed by atoms with van der Waals surface area (Å²) in [7, 11) is 0. The van der Waals surface area contributed by atoms with Crippen molar-refractivity contribution in [2.24, 2.45) is 11.8 Å². The normalized spacial score (nSPS) is 32.8. The van der Waals surface area contributed by atoms with E-state index in [0.29, 0.717) is 23.6 Å². The lowest BCUT2D eigenvalue weighted by Crippen LogP contribution is -2.48. The summed E-state index contributed by atoms with van der Waals surface area (Å²) in [5.41, 5.74) is 0. The number of rotatable bonds is 4. The first-order chi connectivity index (χ1) is 12.2. The fourth-order valence-corrected chi connectivity index (χ4v) is 5.53. The van der Waals surface area contributed by atoms with Gasteiger partial charge in [-0.15, -0.1) is 11.8 Å². The summed E-state index contributed by atoms with van der Waals surface area (Å²) < 4.78 is 0. The number of carbonyl (C=O) groups is 1. The largest absolute Gasteiger partial charge is 0.391 e. The molecule has 2 aliphatic heterocycles. The number of pyridine rings is 1. The minimum absolute atomic E-state index is 0.222. The summed E-state index contributed by atoms with van der Waals surface area (Å²) in [6.07, 6.45) is 7.72. The smallest absolute Gasteiger partial charge is 0.232 e. The standard InChI is InChI=1S/C19H27N3O2S/c23-18-10-15-12-22(19(24)13-25-16-3-5-20-6-4-16)11-14(15)9-17(18)21-7-1-2-8-21/h3-6,14-15,17-18,23H,1-2,7-13H2/t14-,15+,17-,18-/m1/s1. The lowest BCUT2D eigenvalue weighted by molar-refractivity contribution is -0.127. The average Bonchev–Trinajstić information content (AvgIpc) is 3.29. The third-order valence-corrected chi connectivity index (χ3v) is 7.08. The molecule has 1 amide bonds. The monoisotopic (exact) mass is 361 g/mol. The van der Waals surface area contributed by atoms with Gasteiger partial charge in [-0.1, -0.05) is 0 Å². The van der Waals surface area contributed by atoms with Crippen molar-refractivity contribution in [3.63, 3.8) is 0 Å². The Morgan fingerprint density at radius 2 is 1.84 bits per heavy atom. The molecule has 3 heterocycles. The number of likely N-dealkylation sites (tertiary alicyclic amines) is 2. The van der Waals surface area contributed by atoms with Crippen molar-refractivity contribution in [2.45, 2.75) is 42.7 Å². The summed E-state index contributed by atoms with van der Waals surface area (Å²) in [5.74, 6) is 1.75. The Hall–Kier alpha value is -1.11. The number of thioether (sulfide) groups is 1. The molecule has 0 spiro atoms. The number of aliphatic hydroxyl groups is 1. The van der Waals surface area contributed by atoms with E-state index in [1.54, 1.807) is 24.2 Å². The molecule has 0 radical (unpaired) electrons. The highest BCUT2D eigenvalue weighted by Gasteiger charge is 2.44. The maximum atomic E-state index is 12.6. The molecule has 2 saturated heterocycles. The van der Waals surface area contributed by atoms with Gasteiger partial charge in [0.25, 0.3) is 0 Å². The Balaban J connectivity index is 1.32. The van der Waals surface area contributed by atoms with Gasteiger partial charge in [0.1, 0.15) is 0 Å². The van der Waals surface area contributed by atoms with E-state index in [0.717, 1.165) is 43.9 Å². The van der Waals surface area contributed by atoms with E-state index in [4.69, 9.17) is 0 Å². The van der Waals surface area contributed by atoms with E-state index in [9.17, 15) is 9.90 Å². The van der Waals surface area contributed by atoms with Crippen molar-refractivity contribution in [1.29, 1.82) is 0 Å². The van der Waals surface area contributed by atoms with Crippen molar-refractivity contribution in [3.05, 3.63) is 24.5 Å².